The molecule has 156 valence electrons. The van der Waals surface area contributed by atoms with Gasteiger partial charge in [0, 0.05) is 38.4 Å². The molecule has 2 amide bonds. The lowest BCUT2D eigenvalue weighted by molar-refractivity contribution is -0.0438. The molecule has 29 heavy (non-hydrogen) atoms. The topological polar surface area (TPSA) is 114 Å². The van der Waals surface area contributed by atoms with E-state index in [1.807, 2.05) is 0 Å². The third-order valence-electron chi connectivity index (χ3n) is 4.25. The number of aromatic nitrogens is 2. The molecule has 1 aliphatic heterocycles. The Morgan fingerprint density at radius 1 is 1.10 bits per heavy atom. The summed E-state index contributed by atoms with van der Waals surface area (Å²) in [5.74, 6) is -1.31. The quantitative estimate of drug-likeness (QED) is 0.718. The first-order chi connectivity index (χ1) is 13.5. The number of carbonyl (C=O) groups is 2. The van der Waals surface area contributed by atoms with Crippen molar-refractivity contribution in [1.29, 1.82) is 0 Å². The zero-order valence-electron chi connectivity index (χ0n) is 15.0. The zero-order chi connectivity index (χ0) is 21.4. The van der Waals surface area contributed by atoms with E-state index in [0.29, 0.717) is 5.69 Å². The van der Waals surface area contributed by atoms with Crippen molar-refractivity contribution < 1.29 is 35.7 Å². The van der Waals surface area contributed by atoms with Gasteiger partial charge < -0.3 is 14.3 Å². The van der Waals surface area contributed by atoms with E-state index in [0.717, 1.165) is 12.3 Å². The van der Waals surface area contributed by atoms with E-state index in [1.165, 1.54) is 21.9 Å². The molecule has 2 aromatic heterocycles. The van der Waals surface area contributed by atoms with Crippen molar-refractivity contribution in [3.63, 3.8) is 0 Å². The average Bonchev–Trinajstić information content (AvgIpc) is 3.12. The van der Waals surface area contributed by atoms with Gasteiger partial charge in [-0.15, -0.1) is 0 Å². The standard InChI is InChI=1S/C16H15F3N4O5S/c1-10-9-12(28-21-10)15(25)23-7-5-22(6-8-23)14(24)11-3-2-4-20-13(11)29(26,27)16(17,18)19/h2-4,9H,5-8H2,1H3. The number of rotatable bonds is 3. The van der Waals surface area contributed by atoms with Gasteiger partial charge in [-0.1, -0.05) is 5.16 Å². The van der Waals surface area contributed by atoms with Gasteiger partial charge in [-0.05, 0) is 19.1 Å². The number of hydrogen-bond donors (Lipinski definition) is 0. The van der Waals surface area contributed by atoms with Gasteiger partial charge in [0.25, 0.3) is 21.7 Å². The highest BCUT2D eigenvalue weighted by Gasteiger charge is 2.49. The van der Waals surface area contributed by atoms with Gasteiger partial charge in [-0.2, -0.15) is 13.2 Å². The van der Waals surface area contributed by atoms with E-state index in [4.69, 9.17) is 4.52 Å². The minimum Gasteiger partial charge on any atom is -0.351 e. The first-order valence-corrected chi connectivity index (χ1v) is 9.79. The van der Waals surface area contributed by atoms with E-state index in [2.05, 4.69) is 10.1 Å². The molecule has 0 unspecified atom stereocenters. The van der Waals surface area contributed by atoms with Crippen molar-refractivity contribution in [3.05, 3.63) is 41.4 Å². The summed E-state index contributed by atoms with van der Waals surface area (Å²) < 4.78 is 67.1. The first-order valence-electron chi connectivity index (χ1n) is 8.30. The van der Waals surface area contributed by atoms with Crippen LogP contribution in [-0.4, -0.2) is 71.9 Å². The van der Waals surface area contributed by atoms with Crippen LogP contribution in [0.2, 0.25) is 0 Å². The molecule has 9 nitrogen and oxygen atoms in total. The van der Waals surface area contributed by atoms with E-state index >= 15 is 0 Å². The van der Waals surface area contributed by atoms with Gasteiger partial charge in [-0.3, -0.25) is 9.59 Å². The fourth-order valence-electron chi connectivity index (χ4n) is 2.78. The molecule has 1 saturated heterocycles. The number of carbonyl (C=O) groups excluding carboxylic acids is 2. The van der Waals surface area contributed by atoms with Crippen molar-refractivity contribution in [1.82, 2.24) is 19.9 Å². The molecule has 1 fully saturated rings. The number of hydrogen-bond acceptors (Lipinski definition) is 7. The summed E-state index contributed by atoms with van der Waals surface area (Å²) in [6, 6.07) is 3.61. The monoisotopic (exact) mass is 432 g/mol. The molecule has 0 N–H and O–H groups in total. The van der Waals surface area contributed by atoms with Gasteiger partial charge in [-0.25, -0.2) is 13.4 Å². The van der Waals surface area contributed by atoms with E-state index in [1.54, 1.807) is 6.92 Å². The average molecular weight is 432 g/mol. The summed E-state index contributed by atoms with van der Waals surface area (Å²) in [6.45, 7) is 1.82. The highest BCUT2D eigenvalue weighted by atomic mass is 32.2. The fourth-order valence-corrected chi connectivity index (χ4v) is 3.64. The van der Waals surface area contributed by atoms with Crippen LogP contribution in [0.4, 0.5) is 13.2 Å². The number of aryl methyl sites for hydroxylation is 1. The molecule has 0 aromatic carbocycles. The Balaban J connectivity index is 1.76. The Morgan fingerprint density at radius 3 is 2.21 bits per heavy atom. The van der Waals surface area contributed by atoms with Crippen LogP contribution in [0.25, 0.3) is 0 Å². The van der Waals surface area contributed by atoms with E-state index in [9.17, 15) is 31.2 Å². The second-order valence-corrected chi connectivity index (χ2v) is 8.08. The molecule has 3 heterocycles. The molecule has 2 aromatic rings. The summed E-state index contributed by atoms with van der Waals surface area (Å²) in [7, 11) is -5.79. The molecule has 0 bridgehead atoms. The van der Waals surface area contributed by atoms with Crippen LogP contribution in [0.5, 0.6) is 0 Å². The Morgan fingerprint density at radius 2 is 1.69 bits per heavy atom. The third-order valence-corrected chi connectivity index (χ3v) is 5.70. The van der Waals surface area contributed by atoms with Crippen molar-refractivity contribution >= 4 is 21.7 Å². The maximum Gasteiger partial charge on any atom is 0.503 e. The molecule has 13 heteroatoms. The van der Waals surface area contributed by atoms with Crippen molar-refractivity contribution in [2.24, 2.45) is 0 Å². The lowest BCUT2D eigenvalue weighted by Gasteiger charge is -2.34. The van der Waals surface area contributed by atoms with Gasteiger partial charge >= 0.3 is 5.51 Å². The number of nitrogens with zero attached hydrogens (tertiary/aromatic N) is 4. The molecule has 0 radical (unpaired) electrons. The third kappa shape index (κ3) is 3.95. The smallest absolute Gasteiger partial charge is 0.351 e. The van der Waals surface area contributed by atoms with Gasteiger partial charge in [0.05, 0.1) is 11.3 Å². The molecule has 0 atom stereocenters. The molecule has 0 spiro atoms. The van der Waals surface area contributed by atoms with Crippen LogP contribution in [-0.2, 0) is 9.84 Å². The van der Waals surface area contributed by atoms with Crippen molar-refractivity contribution in [2.45, 2.75) is 17.5 Å². The van der Waals surface area contributed by atoms with Crippen LogP contribution in [0.15, 0.2) is 33.9 Å². The summed E-state index contributed by atoms with van der Waals surface area (Å²) in [6.07, 6.45) is 0.866. The van der Waals surface area contributed by atoms with Gasteiger partial charge in [0.1, 0.15) is 0 Å². The van der Waals surface area contributed by atoms with Crippen LogP contribution >= 0.6 is 0 Å². The van der Waals surface area contributed by atoms with Crippen molar-refractivity contribution in [2.75, 3.05) is 26.2 Å². The number of piperazine rings is 1. The Hall–Kier alpha value is -2.96. The highest BCUT2D eigenvalue weighted by Crippen LogP contribution is 2.31. The predicted octanol–water partition coefficient (Wildman–Crippen LogP) is 1.27. The Labute approximate surface area is 163 Å². The molecule has 0 saturated carbocycles. The number of sulfone groups is 1. The lowest BCUT2D eigenvalue weighted by atomic mass is 10.2. The van der Waals surface area contributed by atoms with Crippen LogP contribution in [0.3, 0.4) is 0 Å². The van der Waals surface area contributed by atoms with Gasteiger partial charge in [0.15, 0.2) is 5.03 Å². The number of pyridine rings is 1. The highest BCUT2D eigenvalue weighted by molar-refractivity contribution is 7.92. The second-order valence-electron chi connectivity index (χ2n) is 6.22. The first kappa shape index (κ1) is 20.8. The maximum atomic E-state index is 12.9. The molecule has 0 aliphatic carbocycles. The molecule has 1 aliphatic rings. The lowest BCUT2D eigenvalue weighted by Crippen LogP contribution is -2.50. The molecular weight excluding hydrogens is 417 g/mol. The van der Waals surface area contributed by atoms with Crippen LogP contribution in [0.1, 0.15) is 26.6 Å². The summed E-state index contributed by atoms with van der Waals surface area (Å²) in [4.78, 5) is 30.8. The Bertz CT molecular complexity index is 1040. The minimum atomic E-state index is -5.79. The van der Waals surface area contributed by atoms with E-state index in [-0.39, 0.29) is 31.9 Å². The van der Waals surface area contributed by atoms with Crippen LogP contribution < -0.4 is 0 Å². The summed E-state index contributed by atoms with van der Waals surface area (Å²) in [5, 5.41) is 2.29. The van der Waals surface area contributed by atoms with Crippen molar-refractivity contribution in [3.8, 4) is 0 Å². The Kier molecular flexibility index (Phi) is 5.34. The van der Waals surface area contributed by atoms with Gasteiger partial charge in [0.2, 0.25) is 5.76 Å². The SMILES string of the molecule is Cc1cc(C(=O)N2CCN(C(=O)c3cccnc3S(=O)(=O)C(F)(F)F)CC2)on1. The zero-order valence-corrected chi connectivity index (χ0v) is 15.8. The normalized spacial score (nSPS) is 15.4. The fraction of sp³-hybridized carbons (Fsp3) is 0.375. The predicted molar refractivity (Wildman–Crippen MR) is 90.5 cm³/mol. The number of alkyl halides is 3. The minimum absolute atomic E-state index is 0.00189. The largest absolute Gasteiger partial charge is 0.503 e. The number of amides is 2. The summed E-state index contributed by atoms with van der Waals surface area (Å²) >= 11 is 0. The molecule has 3 rings (SSSR count). The maximum absolute atomic E-state index is 12.9. The van der Waals surface area contributed by atoms with Crippen LogP contribution in [0, 0.1) is 6.92 Å². The number of halogens is 3. The summed E-state index contributed by atoms with van der Waals surface area (Å²) in [5.41, 5.74) is -5.73. The second kappa shape index (κ2) is 7.46. The van der Waals surface area contributed by atoms with E-state index < -0.39 is 37.7 Å². The molecular formula is C16H15F3N4O5S.